The van der Waals surface area contributed by atoms with Crippen LogP contribution in [0.5, 0.6) is 0 Å². The Hall–Kier alpha value is -4.34. The highest BCUT2D eigenvalue weighted by Crippen LogP contribution is 2.43. The van der Waals surface area contributed by atoms with E-state index in [1.165, 1.54) is 10.7 Å². The number of aromatic nitrogens is 7. The van der Waals surface area contributed by atoms with E-state index in [2.05, 4.69) is 30.0 Å². The van der Waals surface area contributed by atoms with E-state index in [0.717, 1.165) is 25.1 Å². The first-order valence-corrected chi connectivity index (χ1v) is 11.1. The summed E-state index contributed by atoms with van der Waals surface area (Å²) < 4.78 is 40.2. The molecule has 2 unspecified atom stereocenters. The van der Waals surface area contributed by atoms with Gasteiger partial charge in [-0.25, -0.2) is 14.6 Å². The lowest BCUT2D eigenvalue weighted by Crippen LogP contribution is -2.31. The Morgan fingerprint density at radius 1 is 1.22 bits per heavy atom. The molecule has 184 valence electrons. The number of hydrogen-bond donors (Lipinski definition) is 1. The van der Waals surface area contributed by atoms with Crippen molar-refractivity contribution >= 4 is 17.0 Å². The largest absolute Gasteiger partial charge is 0.433 e. The summed E-state index contributed by atoms with van der Waals surface area (Å²) >= 11 is 0. The predicted octanol–water partition coefficient (Wildman–Crippen LogP) is 3.39. The maximum absolute atomic E-state index is 13.1. The minimum atomic E-state index is -4.57. The lowest BCUT2D eigenvalue weighted by molar-refractivity contribution is -0.141. The van der Waals surface area contributed by atoms with Crippen molar-refractivity contribution in [3.63, 3.8) is 0 Å². The maximum Gasteiger partial charge on any atom is 0.433 e. The molecular weight excluding hydrogens is 475 g/mol. The lowest BCUT2D eigenvalue weighted by atomic mass is 10.1. The summed E-state index contributed by atoms with van der Waals surface area (Å²) in [4.78, 5) is 34.5. The average molecular weight is 495 g/mol. The third kappa shape index (κ3) is 4.15. The van der Waals surface area contributed by atoms with Gasteiger partial charge in [0.25, 0.3) is 5.56 Å². The molecule has 1 fully saturated rings. The van der Waals surface area contributed by atoms with Crippen molar-refractivity contribution in [3.05, 3.63) is 69.9 Å². The van der Waals surface area contributed by atoms with Gasteiger partial charge in [-0.3, -0.25) is 14.8 Å². The zero-order valence-corrected chi connectivity index (χ0v) is 19.2. The van der Waals surface area contributed by atoms with E-state index in [1.807, 2.05) is 6.07 Å². The molecule has 1 saturated carbocycles. The predicted molar refractivity (Wildman–Crippen MR) is 122 cm³/mol. The molecule has 0 radical (unpaired) electrons. The van der Waals surface area contributed by atoms with E-state index in [0.29, 0.717) is 11.4 Å². The number of pyridine rings is 1. The molecule has 13 heteroatoms. The van der Waals surface area contributed by atoms with E-state index in [1.54, 1.807) is 37.3 Å². The minimum Gasteiger partial charge on any atom is -0.335 e. The summed E-state index contributed by atoms with van der Waals surface area (Å²) in [6.45, 7) is 1.68. The van der Waals surface area contributed by atoms with Gasteiger partial charge in [0.15, 0.2) is 17.2 Å². The Kier molecular flexibility index (Phi) is 5.66. The third-order valence-corrected chi connectivity index (χ3v) is 6.25. The molecule has 1 aliphatic rings. The van der Waals surface area contributed by atoms with Gasteiger partial charge < -0.3 is 4.90 Å². The zero-order valence-electron chi connectivity index (χ0n) is 19.2. The van der Waals surface area contributed by atoms with Crippen LogP contribution in [0.25, 0.3) is 11.0 Å². The van der Waals surface area contributed by atoms with E-state index < -0.39 is 23.5 Å². The molecule has 36 heavy (non-hydrogen) atoms. The Morgan fingerprint density at radius 2 is 1.94 bits per heavy atom. The standard InChI is InChI=1S/C23H20F3N9O/c1-12(14-6-7-16(30-11-14)23(24,25)26)35-20-17(15(10-27)33-35)21(36)32-22(31-20)34(2)18(13-4-5-13)19-28-8-3-9-29-19/h3,6-9,11-13,18H,4-5H2,1-2H3,(H,31,32,36). The first-order valence-electron chi connectivity index (χ1n) is 11.1. The topological polar surface area (TPSA) is 129 Å². The van der Waals surface area contributed by atoms with E-state index in [4.69, 9.17) is 0 Å². The number of fused-ring (bicyclic) bond motifs is 1. The molecule has 4 heterocycles. The number of nitrogens with one attached hydrogen (secondary N) is 1. The molecule has 1 aliphatic carbocycles. The van der Waals surface area contributed by atoms with Gasteiger partial charge in [-0.2, -0.15) is 28.5 Å². The van der Waals surface area contributed by atoms with Gasteiger partial charge in [-0.05, 0) is 43.4 Å². The normalized spacial score (nSPS) is 15.4. The number of rotatable bonds is 6. The van der Waals surface area contributed by atoms with Crippen molar-refractivity contribution in [2.45, 2.75) is 38.0 Å². The molecule has 10 nitrogen and oxygen atoms in total. The lowest BCUT2D eigenvalue weighted by Gasteiger charge is -2.27. The van der Waals surface area contributed by atoms with Crippen molar-refractivity contribution in [1.82, 2.24) is 34.7 Å². The molecule has 2 atom stereocenters. The Bertz CT molecular complexity index is 1500. The van der Waals surface area contributed by atoms with Crippen LogP contribution in [0.4, 0.5) is 19.1 Å². The summed E-state index contributed by atoms with van der Waals surface area (Å²) in [5.41, 5.74) is -1.17. The summed E-state index contributed by atoms with van der Waals surface area (Å²) in [7, 11) is 1.78. The van der Waals surface area contributed by atoms with Gasteiger partial charge >= 0.3 is 6.18 Å². The molecule has 0 bridgehead atoms. The summed E-state index contributed by atoms with van der Waals surface area (Å²) in [6.07, 6.45) is 1.80. The Labute approximate surface area is 202 Å². The molecular formula is C23H20F3N9O. The second-order valence-corrected chi connectivity index (χ2v) is 8.64. The van der Waals surface area contributed by atoms with Gasteiger partial charge in [0.1, 0.15) is 17.1 Å². The molecule has 5 rings (SSSR count). The monoisotopic (exact) mass is 495 g/mol. The number of nitrogens with zero attached hydrogens (tertiary/aromatic N) is 8. The highest BCUT2D eigenvalue weighted by Gasteiger charge is 2.38. The molecule has 0 aromatic carbocycles. The molecule has 0 spiro atoms. The fourth-order valence-electron chi connectivity index (χ4n) is 4.22. The maximum atomic E-state index is 13.1. The van der Waals surface area contributed by atoms with Crippen LogP contribution in [0, 0.1) is 17.2 Å². The van der Waals surface area contributed by atoms with Crippen molar-refractivity contribution in [3.8, 4) is 6.07 Å². The van der Waals surface area contributed by atoms with Crippen LogP contribution in [-0.4, -0.2) is 41.7 Å². The molecule has 4 aromatic rings. The number of aromatic amines is 1. The van der Waals surface area contributed by atoms with Gasteiger partial charge in [0, 0.05) is 25.6 Å². The zero-order chi connectivity index (χ0) is 25.6. The van der Waals surface area contributed by atoms with E-state index in [-0.39, 0.29) is 34.6 Å². The number of halogens is 3. The van der Waals surface area contributed by atoms with E-state index >= 15 is 0 Å². The summed E-state index contributed by atoms with van der Waals surface area (Å²) in [5.74, 6) is 1.12. The third-order valence-electron chi connectivity index (χ3n) is 6.25. The first kappa shape index (κ1) is 23.4. The van der Waals surface area contributed by atoms with Gasteiger partial charge in [-0.1, -0.05) is 6.07 Å². The van der Waals surface area contributed by atoms with Crippen molar-refractivity contribution in [2.24, 2.45) is 5.92 Å². The van der Waals surface area contributed by atoms with Crippen LogP contribution in [0.1, 0.15) is 54.6 Å². The quantitative estimate of drug-likeness (QED) is 0.431. The average Bonchev–Trinajstić information content (AvgIpc) is 3.63. The van der Waals surface area contributed by atoms with Crippen LogP contribution in [-0.2, 0) is 6.18 Å². The summed E-state index contributed by atoms with van der Waals surface area (Å²) in [5, 5.41) is 13.8. The van der Waals surface area contributed by atoms with Gasteiger partial charge in [-0.15, -0.1) is 0 Å². The van der Waals surface area contributed by atoms with Crippen LogP contribution in [0.3, 0.4) is 0 Å². The second-order valence-electron chi connectivity index (χ2n) is 8.64. The van der Waals surface area contributed by atoms with Crippen LogP contribution < -0.4 is 10.5 Å². The Morgan fingerprint density at radius 3 is 2.53 bits per heavy atom. The van der Waals surface area contributed by atoms with E-state index in [9.17, 15) is 23.2 Å². The molecule has 0 amide bonds. The number of hydrogen-bond acceptors (Lipinski definition) is 8. The minimum absolute atomic E-state index is 0.000281. The van der Waals surface area contributed by atoms with Crippen molar-refractivity contribution in [2.75, 3.05) is 11.9 Å². The molecule has 1 N–H and O–H groups in total. The highest BCUT2D eigenvalue weighted by atomic mass is 19.4. The fraction of sp³-hybridized carbons (Fsp3) is 0.348. The smallest absolute Gasteiger partial charge is 0.335 e. The van der Waals surface area contributed by atoms with Crippen LogP contribution >= 0.6 is 0 Å². The molecule has 0 aliphatic heterocycles. The van der Waals surface area contributed by atoms with Gasteiger partial charge in [0.2, 0.25) is 5.95 Å². The SMILES string of the molecule is CC(c1ccc(C(F)(F)F)nc1)n1nc(C#N)c2c(=O)[nH]c(N(C)C(c3ncccn3)C3CC3)nc21. The molecule has 0 saturated heterocycles. The number of H-pyrrole nitrogens is 1. The van der Waals surface area contributed by atoms with Gasteiger partial charge in [0.05, 0.1) is 12.1 Å². The molecule has 4 aromatic heterocycles. The summed E-state index contributed by atoms with van der Waals surface area (Å²) in [6, 6.07) is 4.90. The van der Waals surface area contributed by atoms with Crippen molar-refractivity contribution in [1.29, 1.82) is 5.26 Å². The second kappa shape index (κ2) is 8.71. The highest BCUT2D eigenvalue weighted by molar-refractivity contribution is 5.81. The fourth-order valence-corrected chi connectivity index (χ4v) is 4.22. The first-order chi connectivity index (χ1) is 17.2. The van der Waals surface area contributed by atoms with Crippen LogP contribution in [0.2, 0.25) is 0 Å². The Balaban J connectivity index is 1.59. The number of nitriles is 1. The number of anilines is 1. The van der Waals surface area contributed by atoms with Crippen molar-refractivity contribution < 1.29 is 13.2 Å². The van der Waals surface area contributed by atoms with Crippen LogP contribution in [0.15, 0.2) is 41.6 Å². The number of alkyl halides is 3.